The lowest BCUT2D eigenvalue weighted by Gasteiger charge is -2.11. The quantitative estimate of drug-likeness (QED) is 0.352. The van der Waals surface area contributed by atoms with Crippen LogP contribution in [0.4, 0.5) is 22.1 Å². The van der Waals surface area contributed by atoms with Gasteiger partial charge in [-0.1, -0.05) is 23.7 Å². The number of hydrogen-bond acceptors (Lipinski definition) is 6. The zero-order chi connectivity index (χ0) is 22.3. The highest BCUT2D eigenvalue weighted by molar-refractivity contribution is 6.33. The maximum atomic E-state index is 12.2. The Kier molecular flexibility index (Phi) is 6.43. The molecule has 9 heteroatoms. The van der Waals surface area contributed by atoms with Crippen LogP contribution < -0.4 is 20.7 Å². The lowest BCUT2D eigenvalue weighted by atomic mass is 10.2. The first-order valence-corrected chi connectivity index (χ1v) is 10.1. The maximum Gasteiger partial charge on any atom is 0.323 e. The number of urea groups is 1. The number of amides is 2. The fourth-order valence-electron chi connectivity index (χ4n) is 2.86. The smallest absolute Gasteiger partial charge is 0.323 e. The van der Waals surface area contributed by atoms with Crippen LogP contribution >= 0.6 is 11.6 Å². The first-order chi connectivity index (χ1) is 15.6. The van der Waals surface area contributed by atoms with E-state index in [1.807, 2.05) is 12.1 Å². The molecule has 0 aliphatic heterocycles. The van der Waals surface area contributed by atoms with E-state index in [-0.39, 0.29) is 0 Å². The van der Waals surface area contributed by atoms with Gasteiger partial charge in [0, 0.05) is 25.1 Å². The van der Waals surface area contributed by atoms with Gasteiger partial charge in [0.05, 0.1) is 22.0 Å². The number of aromatic nitrogens is 3. The Labute approximate surface area is 189 Å². The number of nitrogens with zero attached hydrogens (tertiary/aromatic N) is 3. The fraction of sp³-hybridized carbons (Fsp3) is 0.0435. The number of para-hydroxylation sites is 1. The predicted octanol–water partition coefficient (Wildman–Crippen LogP) is 5.67. The molecule has 4 aromatic rings. The summed E-state index contributed by atoms with van der Waals surface area (Å²) in [6, 6.07) is 19.0. The molecular formula is C23H19ClN6O2. The number of halogens is 1. The van der Waals surface area contributed by atoms with Crippen LogP contribution in [0.2, 0.25) is 5.02 Å². The van der Waals surface area contributed by atoms with E-state index in [1.165, 1.54) is 0 Å². The van der Waals surface area contributed by atoms with Crippen LogP contribution in [0.15, 0.2) is 79.1 Å². The van der Waals surface area contributed by atoms with Gasteiger partial charge in [-0.15, -0.1) is 0 Å². The second kappa shape index (κ2) is 9.76. The van der Waals surface area contributed by atoms with Crippen molar-refractivity contribution < 1.29 is 9.53 Å². The zero-order valence-electron chi connectivity index (χ0n) is 17.0. The summed E-state index contributed by atoms with van der Waals surface area (Å²) in [6.07, 6.45) is 3.31. The van der Waals surface area contributed by atoms with Crippen molar-refractivity contribution >= 4 is 35.0 Å². The zero-order valence-corrected chi connectivity index (χ0v) is 17.8. The fourth-order valence-corrected chi connectivity index (χ4v) is 3.04. The third kappa shape index (κ3) is 5.11. The summed E-state index contributed by atoms with van der Waals surface area (Å²) >= 11 is 6.07. The molecule has 8 nitrogen and oxygen atoms in total. The standard InChI is InChI=1S/C23H19ClN6O2/c1-25-22-27-14-12-19(29-22)17-5-4-13-26-21(17)32-16-10-8-15(9-11-16)28-23(31)30-20-7-3-2-6-18(20)24/h2-14H,1H3,(H,25,27,29)(H2,28,30,31). The summed E-state index contributed by atoms with van der Waals surface area (Å²) in [7, 11) is 1.75. The molecule has 0 unspecified atom stereocenters. The number of benzene rings is 2. The Morgan fingerprint density at radius 2 is 1.72 bits per heavy atom. The van der Waals surface area contributed by atoms with E-state index < -0.39 is 6.03 Å². The van der Waals surface area contributed by atoms with E-state index in [2.05, 4.69) is 30.9 Å². The molecule has 0 aliphatic carbocycles. The number of pyridine rings is 1. The minimum absolute atomic E-state index is 0.400. The second-order valence-corrected chi connectivity index (χ2v) is 6.96. The third-order valence-electron chi connectivity index (χ3n) is 4.38. The van der Waals surface area contributed by atoms with E-state index in [4.69, 9.17) is 16.3 Å². The summed E-state index contributed by atoms with van der Waals surface area (Å²) in [5, 5.41) is 8.84. The molecule has 2 aromatic carbocycles. The van der Waals surface area contributed by atoms with Crippen molar-refractivity contribution in [1.29, 1.82) is 0 Å². The van der Waals surface area contributed by atoms with Crippen molar-refractivity contribution in [2.45, 2.75) is 0 Å². The molecule has 0 bridgehead atoms. The van der Waals surface area contributed by atoms with Gasteiger partial charge in [0.1, 0.15) is 5.75 Å². The van der Waals surface area contributed by atoms with Crippen molar-refractivity contribution in [3.63, 3.8) is 0 Å². The van der Waals surface area contributed by atoms with Crippen molar-refractivity contribution in [2.24, 2.45) is 0 Å². The molecule has 0 radical (unpaired) electrons. The van der Waals surface area contributed by atoms with E-state index >= 15 is 0 Å². The minimum atomic E-state index is -0.400. The van der Waals surface area contributed by atoms with Gasteiger partial charge in [-0.25, -0.2) is 19.7 Å². The van der Waals surface area contributed by atoms with Gasteiger partial charge in [-0.2, -0.15) is 0 Å². The molecule has 0 aliphatic rings. The average molecular weight is 447 g/mol. The van der Waals surface area contributed by atoms with Crippen LogP contribution in [0.3, 0.4) is 0 Å². The van der Waals surface area contributed by atoms with Gasteiger partial charge < -0.3 is 20.7 Å². The lowest BCUT2D eigenvalue weighted by molar-refractivity contribution is 0.262. The van der Waals surface area contributed by atoms with E-state index in [9.17, 15) is 4.79 Å². The monoisotopic (exact) mass is 446 g/mol. The van der Waals surface area contributed by atoms with Gasteiger partial charge in [-0.05, 0) is 54.6 Å². The van der Waals surface area contributed by atoms with Crippen LogP contribution in [-0.4, -0.2) is 28.0 Å². The van der Waals surface area contributed by atoms with Crippen LogP contribution in [0.5, 0.6) is 11.6 Å². The Morgan fingerprint density at radius 3 is 2.50 bits per heavy atom. The van der Waals surface area contributed by atoms with E-state index in [1.54, 1.807) is 74.0 Å². The molecule has 0 saturated carbocycles. The molecule has 160 valence electrons. The number of nitrogens with one attached hydrogen (secondary N) is 3. The Balaban J connectivity index is 1.45. The molecule has 2 aromatic heterocycles. The molecular weight excluding hydrogens is 428 g/mol. The molecule has 2 amide bonds. The van der Waals surface area contributed by atoms with Crippen molar-refractivity contribution in [3.8, 4) is 22.9 Å². The first-order valence-electron chi connectivity index (χ1n) is 9.69. The summed E-state index contributed by atoms with van der Waals surface area (Å²) in [5.41, 5.74) is 2.53. The van der Waals surface area contributed by atoms with E-state index in [0.29, 0.717) is 39.7 Å². The number of rotatable bonds is 6. The van der Waals surface area contributed by atoms with Crippen molar-refractivity contribution in [3.05, 3.63) is 84.1 Å². The van der Waals surface area contributed by atoms with Gasteiger partial charge in [-0.3, -0.25) is 0 Å². The van der Waals surface area contributed by atoms with Crippen molar-refractivity contribution in [2.75, 3.05) is 23.0 Å². The SMILES string of the molecule is CNc1nccc(-c2cccnc2Oc2ccc(NC(=O)Nc3ccccc3Cl)cc2)n1. The largest absolute Gasteiger partial charge is 0.438 e. The Bertz CT molecular complexity index is 1230. The molecule has 3 N–H and O–H groups in total. The Hall–Kier alpha value is -4.17. The van der Waals surface area contributed by atoms with Gasteiger partial charge in [0.25, 0.3) is 0 Å². The normalized spacial score (nSPS) is 10.3. The highest BCUT2D eigenvalue weighted by Crippen LogP contribution is 2.31. The molecule has 0 spiro atoms. The Morgan fingerprint density at radius 1 is 0.906 bits per heavy atom. The lowest BCUT2D eigenvalue weighted by Crippen LogP contribution is -2.19. The van der Waals surface area contributed by atoms with Crippen LogP contribution in [0.1, 0.15) is 0 Å². The van der Waals surface area contributed by atoms with Gasteiger partial charge in [0.2, 0.25) is 11.8 Å². The third-order valence-corrected chi connectivity index (χ3v) is 4.70. The number of ether oxygens (including phenoxy) is 1. The molecule has 0 atom stereocenters. The molecule has 2 heterocycles. The molecule has 0 fully saturated rings. The first kappa shape index (κ1) is 21.1. The highest BCUT2D eigenvalue weighted by atomic mass is 35.5. The maximum absolute atomic E-state index is 12.2. The summed E-state index contributed by atoms with van der Waals surface area (Å²) in [5.74, 6) is 1.47. The van der Waals surface area contributed by atoms with Gasteiger partial charge >= 0.3 is 6.03 Å². The van der Waals surface area contributed by atoms with Gasteiger partial charge in [0.15, 0.2) is 0 Å². The summed E-state index contributed by atoms with van der Waals surface area (Å²) < 4.78 is 5.97. The number of anilines is 3. The van der Waals surface area contributed by atoms with Crippen LogP contribution in [0, 0.1) is 0 Å². The highest BCUT2D eigenvalue weighted by Gasteiger charge is 2.11. The predicted molar refractivity (Wildman–Crippen MR) is 125 cm³/mol. The summed E-state index contributed by atoms with van der Waals surface area (Å²) in [6.45, 7) is 0. The topological polar surface area (TPSA) is 101 Å². The molecule has 32 heavy (non-hydrogen) atoms. The number of carbonyl (C=O) groups is 1. The molecule has 0 saturated heterocycles. The van der Waals surface area contributed by atoms with Crippen LogP contribution in [0.25, 0.3) is 11.3 Å². The van der Waals surface area contributed by atoms with E-state index in [0.717, 1.165) is 5.56 Å². The van der Waals surface area contributed by atoms with Crippen LogP contribution in [-0.2, 0) is 0 Å². The summed E-state index contributed by atoms with van der Waals surface area (Å²) in [4.78, 5) is 25.1. The minimum Gasteiger partial charge on any atom is -0.438 e. The van der Waals surface area contributed by atoms with Crippen molar-refractivity contribution in [1.82, 2.24) is 15.0 Å². The number of carbonyl (C=O) groups excluding carboxylic acids is 1. The second-order valence-electron chi connectivity index (χ2n) is 6.56. The average Bonchev–Trinajstić information content (AvgIpc) is 2.82. The number of hydrogen-bond donors (Lipinski definition) is 3. The molecule has 4 rings (SSSR count).